The molecule has 0 spiro atoms. The van der Waals surface area contributed by atoms with E-state index in [-0.39, 0.29) is 18.1 Å². The third kappa shape index (κ3) is 4.96. The number of pyridine rings is 1. The van der Waals surface area contributed by atoms with Gasteiger partial charge in [0.2, 0.25) is 11.8 Å². The van der Waals surface area contributed by atoms with Crippen molar-refractivity contribution < 1.29 is 14.3 Å². The molecule has 1 fully saturated rings. The average molecular weight is 573 g/mol. The summed E-state index contributed by atoms with van der Waals surface area (Å²) >= 11 is 8.96. The summed E-state index contributed by atoms with van der Waals surface area (Å²) in [5.74, 6) is 0.356. The summed E-state index contributed by atoms with van der Waals surface area (Å²) in [6.45, 7) is 0. The molecule has 3 aromatic heterocycles. The van der Waals surface area contributed by atoms with Gasteiger partial charge in [-0.1, -0.05) is 48.0 Å². The molecule has 5 aromatic rings. The number of carbonyl (C=O) groups excluding carboxylic acids is 2. The molecule has 1 aliphatic heterocycles. The van der Waals surface area contributed by atoms with Crippen molar-refractivity contribution in [3.8, 4) is 22.8 Å². The SMILES string of the molecule is O=C1CC(c2ccsc2)(c2cccc(Oc3ccccc3-c3cn[nH]c3)n2)NC(=O)C1Sc1ccccc1Cl. The van der Waals surface area contributed by atoms with Crippen molar-refractivity contribution >= 4 is 46.4 Å². The minimum Gasteiger partial charge on any atom is -0.438 e. The van der Waals surface area contributed by atoms with Crippen molar-refractivity contribution in [3.05, 3.63) is 112 Å². The Morgan fingerprint density at radius 3 is 2.64 bits per heavy atom. The van der Waals surface area contributed by atoms with Crippen molar-refractivity contribution in [1.82, 2.24) is 20.5 Å². The second-order valence-electron chi connectivity index (χ2n) is 8.92. The monoisotopic (exact) mass is 572 g/mol. The zero-order valence-corrected chi connectivity index (χ0v) is 22.7. The van der Waals surface area contributed by atoms with Crippen molar-refractivity contribution in [3.63, 3.8) is 0 Å². The lowest BCUT2D eigenvalue weighted by Gasteiger charge is -2.39. The molecular formula is C29H21ClN4O3S2. The van der Waals surface area contributed by atoms with Crippen LogP contribution in [0.1, 0.15) is 17.7 Å². The zero-order valence-electron chi connectivity index (χ0n) is 20.3. The van der Waals surface area contributed by atoms with Crippen LogP contribution < -0.4 is 10.1 Å². The lowest BCUT2D eigenvalue weighted by molar-refractivity contribution is -0.133. The predicted octanol–water partition coefficient (Wildman–Crippen LogP) is 6.47. The predicted molar refractivity (Wildman–Crippen MR) is 152 cm³/mol. The van der Waals surface area contributed by atoms with Gasteiger partial charge in [-0.2, -0.15) is 16.4 Å². The van der Waals surface area contributed by atoms with Crippen molar-refractivity contribution in [2.75, 3.05) is 0 Å². The van der Waals surface area contributed by atoms with Gasteiger partial charge in [0.05, 0.1) is 16.9 Å². The van der Waals surface area contributed by atoms with E-state index >= 15 is 0 Å². The third-order valence-electron chi connectivity index (χ3n) is 6.47. The van der Waals surface area contributed by atoms with Gasteiger partial charge in [-0.3, -0.25) is 14.7 Å². The minimum atomic E-state index is -1.13. The number of thioether (sulfide) groups is 1. The second-order valence-corrected chi connectivity index (χ2v) is 11.3. The van der Waals surface area contributed by atoms with E-state index in [0.717, 1.165) is 28.5 Å². The molecule has 0 radical (unpaired) electrons. The Morgan fingerprint density at radius 1 is 1.03 bits per heavy atom. The molecule has 6 rings (SSSR count). The van der Waals surface area contributed by atoms with Crippen LogP contribution in [0.2, 0.25) is 5.02 Å². The highest BCUT2D eigenvalue weighted by molar-refractivity contribution is 8.01. The average Bonchev–Trinajstić information content (AvgIpc) is 3.68. The van der Waals surface area contributed by atoms with Crippen LogP contribution in [0.4, 0.5) is 0 Å². The minimum absolute atomic E-state index is 0.0413. The summed E-state index contributed by atoms with van der Waals surface area (Å²) < 4.78 is 6.23. The van der Waals surface area contributed by atoms with E-state index in [1.165, 1.54) is 11.3 Å². The molecule has 194 valence electrons. The summed E-state index contributed by atoms with van der Waals surface area (Å²) in [4.78, 5) is 32.5. The number of benzene rings is 2. The number of nitrogens with zero attached hydrogens (tertiary/aromatic N) is 2. The number of halogens is 1. The molecule has 1 saturated heterocycles. The lowest BCUT2D eigenvalue weighted by atomic mass is 9.79. The summed E-state index contributed by atoms with van der Waals surface area (Å²) in [7, 11) is 0. The molecule has 2 unspecified atom stereocenters. The highest BCUT2D eigenvalue weighted by atomic mass is 35.5. The normalized spacial score (nSPS) is 19.1. The van der Waals surface area contributed by atoms with Crippen molar-refractivity contribution in [2.24, 2.45) is 0 Å². The standard InChI is InChI=1S/C29H21ClN4O3S2/c30-21-7-2-4-9-24(21)39-27-22(35)14-29(34-28(27)36,19-12-13-38-17-19)25-10-5-11-26(33-25)37-23-8-3-1-6-20(23)18-15-31-32-16-18/h1-13,15-17,27H,14H2,(H,31,32)(H,34,36). The molecule has 1 aliphatic rings. The van der Waals surface area contributed by atoms with Crippen LogP contribution in [0.25, 0.3) is 11.1 Å². The molecular weight excluding hydrogens is 552 g/mol. The number of piperidine rings is 1. The Labute approximate surface area is 237 Å². The van der Waals surface area contributed by atoms with E-state index in [2.05, 4.69) is 15.5 Å². The molecule has 2 N–H and O–H groups in total. The van der Waals surface area contributed by atoms with Gasteiger partial charge in [0, 0.05) is 34.7 Å². The topological polar surface area (TPSA) is 97.0 Å². The van der Waals surface area contributed by atoms with Crippen molar-refractivity contribution in [2.45, 2.75) is 22.1 Å². The van der Waals surface area contributed by atoms with Gasteiger partial charge < -0.3 is 10.1 Å². The van der Waals surface area contributed by atoms with E-state index in [1.54, 1.807) is 30.6 Å². The summed E-state index contributed by atoms with van der Waals surface area (Å²) in [5, 5.41) is 13.4. The second kappa shape index (κ2) is 10.7. The van der Waals surface area contributed by atoms with Gasteiger partial charge in [-0.05, 0) is 46.7 Å². The van der Waals surface area contributed by atoms with E-state index in [0.29, 0.717) is 27.2 Å². The maximum absolute atomic E-state index is 13.6. The number of thiophene rings is 1. The maximum Gasteiger partial charge on any atom is 0.242 e. The lowest BCUT2D eigenvalue weighted by Crippen LogP contribution is -2.58. The Morgan fingerprint density at radius 2 is 1.87 bits per heavy atom. The molecule has 4 heterocycles. The molecule has 7 nitrogen and oxygen atoms in total. The van der Waals surface area contributed by atoms with Crippen LogP contribution in [0, 0.1) is 0 Å². The molecule has 0 bridgehead atoms. The van der Waals surface area contributed by atoms with Gasteiger partial charge in [0.25, 0.3) is 0 Å². The number of aromatic amines is 1. The number of ether oxygens (including phenoxy) is 1. The van der Waals surface area contributed by atoms with Crippen LogP contribution >= 0.6 is 34.7 Å². The highest BCUT2D eigenvalue weighted by Crippen LogP contribution is 2.42. The fourth-order valence-electron chi connectivity index (χ4n) is 4.61. The van der Waals surface area contributed by atoms with Crippen LogP contribution in [-0.4, -0.2) is 32.1 Å². The van der Waals surface area contributed by atoms with E-state index in [9.17, 15) is 9.59 Å². The Hall–Kier alpha value is -3.92. The maximum atomic E-state index is 13.6. The van der Waals surface area contributed by atoms with Gasteiger partial charge in [-0.15, -0.1) is 11.8 Å². The summed E-state index contributed by atoms with van der Waals surface area (Å²) in [6, 6.07) is 22.1. The number of para-hydroxylation sites is 1. The third-order valence-corrected chi connectivity index (χ3v) is 8.92. The quantitative estimate of drug-likeness (QED) is 0.217. The Bertz CT molecular complexity index is 1620. The van der Waals surface area contributed by atoms with Crippen LogP contribution in [0.15, 0.2) is 101 Å². The van der Waals surface area contributed by atoms with Crippen LogP contribution in [0.5, 0.6) is 11.6 Å². The number of rotatable bonds is 7. The van der Waals surface area contributed by atoms with Gasteiger partial charge in [0.1, 0.15) is 16.5 Å². The first kappa shape index (κ1) is 25.4. The molecule has 0 aliphatic carbocycles. The van der Waals surface area contributed by atoms with E-state index < -0.39 is 10.8 Å². The first-order chi connectivity index (χ1) is 19.0. The van der Waals surface area contributed by atoms with Gasteiger partial charge in [0.15, 0.2) is 5.78 Å². The summed E-state index contributed by atoms with van der Waals surface area (Å²) in [6.07, 6.45) is 3.55. The summed E-state index contributed by atoms with van der Waals surface area (Å²) in [5.41, 5.74) is 1.91. The number of H-pyrrole nitrogens is 1. The van der Waals surface area contributed by atoms with Gasteiger partial charge >= 0.3 is 0 Å². The highest BCUT2D eigenvalue weighted by Gasteiger charge is 2.48. The number of hydrogen-bond donors (Lipinski definition) is 2. The molecule has 10 heteroatoms. The Balaban J connectivity index is 1.34. The molecule has 39 heavy (non-hydrogen) atoms. The number of amides is 1. The smallest absolute Gasteiger partial charge is 0.242 e. The first-order valence-corrected chi connectivity index (χ1v) is 14.3. The number of carbonyl (C=O) groups is 2. The van der Waals surface area contributed by atoms with E-state index in [1.807, 2.05) is 65.4 Å². The Kier molecular flexibility index (Phi) is 6.95. The van der Waals surface area contributed by atoms with Crippen molar-refractivity contribution in [1.29, 1.82) is 0 Å². The van der Waals surface area contributed by atoms with Gasteiger partial charge in [-0.25, -0.2) is 4.98 Å². The molecule has 2 aromatic carbocycles. The zero-order chi connectivity index (χ0) is 26.8. The fraction of sp³-hybridized carbons (Fsp3) is 0.103. The number of aromatic nitrogens is 3. The molecule has 0 saturated carbocycles. The number of nitrogens with one attached hydrogen (secondary N) is 2. The largest absolute Gasteiger partial charge is 0.438 e. The molecule has 1 amide bonds. The first-order valence-electron chi connectivity index (χ1n) is 12.1. The van der Waals surface area contributed by atoms with Crippen LogP contribution in [0.3, 0.4) is 0 Å². The number of ketones is 1. The fourth-order valence-corrected chi connectivity index (χ4v) is 6.58. The van der Waals surface area contributed by atoms with E-state index in [4.69, 9.17) is 21.3 Å². The number of Topliss-reactive ketones (excluding diaryl/α,β-unsaturated/α-hetero) is 1. The van der Waals surface area contributed by atoms with Crippen LogP contribution in [-0.2, 0) is 15.1 Å². The number of hydrogen-bond acceptors (Lipinski definition) is 7. The molecule has 2 atom stereocenters.